The number of hydrogen-bond acceptors (Lipinski definition) is 7. The van der Waals surface area contributed by atoms with Crippen molar-refractivity contribution in [1.82, 2.24) is 9.97 Å². The summed E-state index contributed by atoms with van der Waals surface area (Å²) in [5, 5.41) is 11.3. The molecule has 6 nitrogen and oxygen atoms in total. The third-order valence-electron chi connectivity index (χ3n) is 7.69. The van der Waals surface area contributed by atoms with Crippen molar-refractivity contribution < 1.29 is 9.13 Å². The minimum absolute atomic E-state index is 0.264. The van der Waals surface area contributed by atoms with Crippen molar-refractivity contribution in [2.45, 2.75) is 59.7 Å². The number of unbranched alkanes of at least 4 members (excludes halogenated alkanes) is 1. The summed E-state index contributed by atoms with van der Waals surface area (Å²) >= 11 is 1.09. The van der Waals surface area contributed by atoms with E-state index in [1.54, 1.807) is 13.0 Å². The van der Waals surface area contributed by atoms with Gasteiger partial charge in [-0.05, 0) is 54.0 Å². The average molecular weight is 568 g/mol. The molecule has 1 saturated heterocycles. The van der Waals surface area contributed by atoms with Gasteiger partial charge in [0.05, 0.1) is 29.2 Å². The van der Waals surface area contributed by atoms with E-state index in [0.717, 1.165) is 76.8 Å². The van der Waals surface area contributed by atoms with Gasteiger partial charge in [0.1, 0.15) is 16.9 Å². The Kier molecular flexibility index (Phi) is 8.54. The third-order valence-corrected chi connectivity index (χ3v) is 8.72. The minimum Gasteiger partial charge on any atom is -0.389 e. The van der Waals surface area contributed by atoms with Crippen LogP contribution >= 0.6 is 11.3 Å². The van der Waals surface area contributed by atoms with E-state index in [1.807, 2.05) is 12.3 Å². The van der Waals surface area contributed by atoms with E-state index in [2.05, 4.69) is 43.2 Å². The standard InChI is InChI=1S/C33H34FN5OS/c1-5-9-10-12-20-13-14-39(17-20)33-37-16-24-25-18-40-19-26(25)28(21(7-3)30(24)38-33)22(11-6-2)29-23(15-35)32(36)41-31(29)27(34)8-4/h6,8,11,16,20H,2,5,7,9,13-14,17-19,36H2,1,3-4H3/b22-11+,27-8+/t20-/m1/s1. The second-order valence-corrected chi connectivity index (χ2v) is 11.3. The first-order valence-electron chi connectivity index (χ1n) is 14.1. The summed E-state index contributed by atoms with van der Waals surface area (Å²) < 4.78 is 21.2. The lowest BCUT2D eigenvalue weighted by molar-refractivity contribution is 0.135. The van der Waals surface area contributed by atoms with E-state index < -0.39 is 5.83 Å². The number of allylic oxidation sites excluding steroid dienone is 3. The van der Waals surface area contributed by atoms with Gasteiger partial charge < -0.3 is 15.4 Å². The number of rotatable bonds is 7. The molecule has 3 aromatic rings. The number of halogens is 1. The van der Waals surface area contributed by atoms with E-state index in [0.29, 0.717) is 47.5 Å². The predicted molar refractivity (Wildman–Crippen MR) is 166 cm³/mol. The molecule has 1 fully saturated rings. The van der Waals surface area contributed by atoms with Crippen LogP contribution < -0.4 is 10.6 Å². The Balaban J connectivity index is 1.73. The molecule has 0 saturated carbocycles. The van der Waals surface area contributed by atoms with Gasteiger partial charge in [-0.3, -0.25) is 0 Å². The summed E-state index contributed by atoms with van der Waals surface area (Å²) in [6, 6.07) is 2.22. The van der Waals surface area contributed by atoms with Crippen molar-refractivity contribution in [2.75, 3.05) is 23.7 Å². The molecule has 4 heterocycles. The fourth-order valence-electron chi connectivity index (χ4n) is 5.77. The lowest BCUT2D eigenvalue weighted by atomic mass is 9.84. The van der Waals surface area contributed by atoms with Crippen molar-refractivity contribution in [3.05, 3.63) is 69.3 Å². The molecule has 0 aliphatic carbocycles. The van der Waals surface area contributed by atoms with Gasteiger partial charge in [-0.15, -0.1) is 17.3 Å². The van der Waals surface area contributed by atoms with Crippen molar-refractivity contribution in [2.24, 2.45) is 5.92 Å². The van der Waals surface area contributed by atoms with Crippen LogP contribution in [0.1, 0.15) is 78.3 Å². The molecule has 0 radical (unpaired) electrons. The molecule has 1 aromatic carbocycles. The molecule has 0 amide bonds. The highest BCUT2D eigenvalue weighted by Gasteiger charge is 2.31. The van der Waals surface area contributed by atoms with Gasteiger partial charge in [-0.1, -0.05) is 44.6 Å². The molecular formula is C33H34FN5OS. The van der Waals surface area contributed by atoms with E-state index in [9.17, 15) is 5.26 Å². The molecule has 1 atom stereocenters. The number of nitriles is 1. The van der Waals surface area contributed by atoms with Gasteiger partial charge in [0.25, 0.3) is 0 Å². The lowest BCUT2D eigenvalue weighted by Crippen LogP contribution is -2.22. The van der Waals surface area contributed by atoms with Crippen LogP contribution in [0, 0.1) is 29.1 Å². The SMILES string of the molecule is C=C/C=C(/c1c(/C(F)=C\C)sc(N)c1C#N)c1c2c(c3cnc(N4CC[C@@H](C#CCCC)C4)nc3c1CC)COC2. The van der Waals surface area contributed by atoms with Crippen molar-refractivity contribution in [1.29, 1.82) is 5.26 Å². The van der Waals surface area contributed by atoms with Gasteiger partial charge in [-0.25, -0.2) is 14.4 Å². The van der Waals surface area contributed by atoms with Gasteiger partial charge in [-0.2, -0.15) is 5.26 Å². The van der Waals surface area contributed by atoms with Crippen LogP contribution in [0.4, 0.5) is 15.3 Å². The normalized spacial score (nSPS) is 17.0. The zero-order valence-corrected chi connectivity index (χ0v) is 24.6. The quantitative estimate of drug-likeness (QED) is 0.238. The van der Waals surface area contributed by atoms with E-state index in [1.165, 1.54) is 6.08 Å². The van der Waals surface area contributed by atoms with Gasteiger partial charge in [0, 0.05) is 42.6 Å². The minimum atomic E-state index is -0.421. The van der Waals surface area contributed by atoms with Crippen LogP contribution in [0.5, 0.6) is 0 Å². The van der Waals surface area contributed by atoms with Gasteiger partial charge >= 0.3 is 0 Å². The molecule has 8 heteroatoms. The Hall–Kier alpha value is -3.98. The number of benzene rings is 1. The van der Waals surface area contributed by atoms with Crippen LogP contribution in [0.2, 0.25) is 0 Å². The topological polar surface area (TPSA) is 88.1 Å². The number of fused-ring (bicyclic) bond motifs is 3. The monoisotopic (exact) mass is 567 g/mol. The highest BCUT2D eigenvalue weighted by molar-refractivity contribution is 7.17. The zero-order chi connectivity index (χ0) is 29.1. The van der Waals surface area contributed by atoms with Crippen LogP contribution in [-0.4, -0.2) is 23.1 Å². The first kappa shape index (κ1) is 28.5. The van der Waals surface area contributed by atoms with Crippen LogP contribution in [0.15, 0.2) is 31.0 Å². The molecule has 0 spiro atoms. The second kappa shape index (κ2) is 12.3. The molecule has 0 bridgehead atoms. The number of nitrogens with two attached hydrogens (primary N) is 1. The fraction of sp³-hybridized carbons (Fsp3) is 0.364. The van der Waals surface area contributed by atoms with Gasteiger partial charge in [0.2, 0.25) is 5.95 Å². The number of nitrogens with zero attached hydrogens (tertiary/aromatic N) is 4. The molecular weight excluding hydrogens is 533 g/mol. The predicted octanol–water partition coefficient (Wildman–Crippen LogP) is 7.32. The van der Waals surface area contributed by atoms with Crippen LogP contribution in [-0.2, 0) is 24.4 Å². The maximum Gasteiger partial charge on any atom is 0.225 e. The number of thiophene rings is 1. The van der Waals surface area contributed by atoms with E-state index in [4.69, 9.17) is 20.4 Å². The van der Waals surface area contributed by atoms with Crippen molar-refractivity contribution in [3.63, 3.8) is 0 Å². The fourth-order valence-corrected chi connectivity index (χ4v) is 6.76. The maximum absolute atomic E-state index is 15.2. The Morgan fingerprint density at radius 3 is 2.83 bits per heavy atom. The maximum atomic E-state index is 15.2. The molecule has 5 rings (SSSR count). The highest BCUT2D eigenvalue weighted by Crippen LogP contribution is 2.46. The number of anilines is 2. The second-order valence-electron chi connectivity index (χ2n) is 10.2. The first-order chi connectivity index (χ1) is 20.0. The summed E-state index contributed by atoms with van der Waals surface area (Å²) in [7, 11) is 0. The van der Waals surface area contributed by atoms with Gasteiger partial charge in [0.15, 0.2) is 0 Å². The Morgan fingerprint density at radius 1 is 1.32 bits per heavy atom. The van der Waals surface area contributed by atoms with E-state index in [-0.39, 0.29) is 10.6 Å². The largest absolute Gasteiger partial charge is 0.389 e. The van der Waals surface area contributed by atoms with Crippen molar-refractivity contribution >= 4 is 44.6 Å². The number of aryl methyl sites for hydroxylation is 1. The summed E-state index contributed by atoms with van der Waals surface area (Å²) in [6.45, 7) is 12.3. The highest BCUT2D eigenvalue weighted by atomic mass is 32.1. The molecule has 2 aliphatic heterocycles. The summed E-state index contributed by atoms with van der Waals surface area (Å²) in [5.74, 6) is 7.28. The first-order valence-corrected chi connectivity index (χ1v) is 14.9. The number of hydrogen-bond donors (Lipinski definition) is 1. The number of nitrogen functional groups attached to an aromatic ring is 1. The smallest absolute Gasteiger partial charge is 0.225 e. The van der Waals surface area contributed by atoms with Crippen molar-refractivity contribution in [3.8, 4) is 17.9 Å². The number of aromatic nitrogens is 2. The lowest BCUT2D eigenvalue weighted by Gasteiger charge is -2.21. The Bertz CT molecular complexity index is 1680. The molecule has 41 heavy (non-hydrogen) atoms. The van der Waals surface area contributed by atoms with E-state index >= 15 is 4.39 Å². The zero-order valence-electron chi connectivity index (χ0n) is 23.8. The molecule has 2 N–H and O–H groups in total. The molecule has 0 unspecified atom stereocenters. The third kappa shape index (κ3) is 5.14. The number of ether oxygens (including phenoxy) is 1. The molecule has 2 aliphatic rings. The Labute approximate surface area is 245 Å². The summed E-state index contributed by atoms with van der Waals surface area (Å²) in [4.78, 5) is 12.5. The molecule has 2 aromatic heterocycles. The average Bonchev–Trinajstić information content (AvgIpc) is 3.73. The summed E-state index contributed by atoms with van der Waals surface area (Å²) in [6.07, 6.45) is 10.5. The molecule has 210 valence electrons. The summed E-state index contributed by atoms with van der Waals surface area (Å²) in [5.41, 5.74) is 12.5. The van der Waals surface area contributed by atoms with Crippen LogP contribution in [0.25, 0.3) is 22.3 Å². The van der Waals surface area contributed by atoms with Crippen LogP contribution in [0.3, 0.4) is 0 Å². The Morgan fingerprint density at radius 2 is 2.12 bits per heavy atom.